The lowest BCUT2D eigenvalue weighted by Gasteiger charge is -2.33. The second kappa shape index (κ2) is 5.68. The molecular formula is C16H25N. The van der Waals surface area contributed by atoms with Crippen molar-refractivity contribution in [3.05, 3.63) is 34.9 Å². The zero-order valence-electron chi connectivity index (χ0n) is 11.5. The highest BCUT2D eigenvalue weighted by Crippen LogP contribution is 2.28. The average Bonchev–Trinajstić information content (AvgIpc) is 2.28. The molecule has 0 bridgehead atoms. The number of likely N-dealkylation sites (tertiary alicyclic amines) is 1. The summed E-state index contributed by atoms with van der Waals surface area (Å²) in [6, 6.07) is 7.04. The molecule has 0 aliphatic carbocycles. The van der Waals surface area contributed by atoms with Gasteiger partial charge in [-0.1, -0.05) is 36.2 Å². The quantitative estimate of drug-likeness (QED) is 0.763. The number of benzene rings is 1. The van der Waals surface area contributed by atoms with Gasteiger partial charge in [0.15, 0.2) is 0 Å². The van der Waals surface area contributed by atoms with Crippen LogP contribution < -0.4 is 0 Å². The molecule has 0 unspecified atom stereocenters. The summed E-state index contributed by atoms with van der Waals surface area (Å²) < 4.78 is 0. The maximum absolute atomic E-state index is 2.63. The normalized spacial score (nSPS) is 21.7. The van der Waals surface area contributed by atoms with Crippen LogP contribution in [0.5, 0.6) is 0 Å². The van der Waals surface area contributed by atoms with E-state index in [9.17, 15) is 0 Å². The van der Waals surface area contributed by atoms with Crippen LogP contribution in [0.1, 0.15) is 48.8 Å². The van der Waals surface area contributed by atoms with Crippen LogP contribution in [0.15, 0.2) is 18.2 Å². The van der Waals surface area contributed by atoms with Crippen LogP contribution in [0.2, 0.25) is 0 Å². The van der Waals surface area contributed by atoms with Gasteiger partial charge in [-0.2, -0.15) is 0 Å². The summed E-state index contributed by atoms with van der Waals surface area (Å²) in [5, 5.41) is 0. The van der Waals surface area contributed by atoms with E-state index in [-0.39, 0.29) is 0 Å². The maximum Gasteiger partial charge on any atom is 0.00503 e. The van der Waals surface area contributed by atoms with Gasteiger partial charge in [-0.25, -0.2) is 0 Å². The summed E-state index contributed by atoms with van der Waals surface area (Å²) in [5.74, 6) is 0.758. The third-order valence-electron chi connectivity index (χ3n) is 3.76. The van der Waals surface area contributed by atoms with E-state index in [1.807, 2.05) is 0 Å². The van der Waals surface area contributed by atoms with Crippen molar-refractivity contribution in [1.82, 2.24) is 4.90 Å². The molecule has 0 radical (unpaired) electrons. The largest absolute Gasteiger partial charge is 0.303 e. The Balaban J connectivity index is 2.10. The Morgan fingerprint density at radius 2 is 1.88 bits per heavy atom. The smallest absolute Gasteiger partial charge is 0.00503 e. The summed E-state index contributed by atoms with van der Waals surface area (Å²) in [7, 11) is 0. The third-order valence-corrected chi connectivity index (χ3v) is 3.76. The minimum atomic E-state index is 0.758. The summed E-state index contributed by atoms with van der Waals surface area (Å²) in [6.07, 6.45) is 4.00. The molecule has 94 valence electrons. The van der Waals surface area contributed by atoms with Crippen LogP contribution in [-0.4, -0.2) is 24.5 Å². The lowest BCUT2D eigenvalue weighted by Crippen LogP contribution is -2.34. The average molecular weight is 231 g/mol. The van der Waals surface area contributed by atoms with Gasteiger partial charge in [-0.05, 0) is 57.7 Å². The lowest BCUT2D eigenvalue weighted by molar-refractivity contribution is 0.208. The van der Waals surface area contributed by atoms with E-state index in [0.29, 0.717) is 0 Å². The Hall–Kier alpha value is -0.820. The fourth-order valence-electron chi connectivity index (χ4n) is 3.09. The standard InChI is InChI=1S/C16H25N/c1-4-7-17-8-5-6-15(12-17)16-10-13(2)9-14(3)11-16/h9-11,15H,4-8,12H2,1-3H3/t15-/m1/s1. The Morgan fingerprint density at radius 1 is 1.18 bits per heavy atom. The molecule has 1 aliphatic rings. The highest BCUT2D eigenvalue weighted by Gasteiger charge is 2.20. The molecule has 1 saturated heterocycles. The molecule has 1 heterocycles. The Morgan fingerprint density at radius 3 is 2.53 bits per heavy atom. The Labute approximate surface area is 106 Å². The zero-order valence-corrected chi connectivity index (χ0v) is 11.5. The number of nitrogens with zero attached hydrogens (tertiary/aromatic N) is 1. The second-order valence-electron chi connectivity index (χ2n) is 5.56. The van der Waals surface area contributed by atoms with Crippen molar-refractivity contribution in [2.75, 3.05) is 19.6 Å². The molecule has 0 aromatic heterocycles. The van der Waals surface area contributed by atoms with Crippen LogP contribution >= 0.6 is 0 Å². The van der Waals surface area contributed by atoms with E-state index in [0.717, 1.165) is 5.92 Å². The third kappa shape index (κ3) is 3.32. The molecule has 1 heteroatoms. The number of hydrogen-bond donors (Lipinski definition) is 0. The van der Waals surface area contributed by atoms with Gasteiger partial charge in [0, 0.05) is 6.54 Å². The van der Waals surface area contributed by atoms with Crippen molar-refractivity contribution in [3.8, 4) is 0 Å². The molecule has 1 fully saturated rings. The first-order chi connectivity index (χ1) is 8.19. The Kier molecular flexibility index (Phi) is 4.22. The SMILES string of the molecule is CCCN1CCC[C@@H](c2cc(C)cc(C)c2)C1. The molecule has 1 nitrogen and oxygen atoms in total. The van der Waals surface area contributed by atoms with E-state index < -0.39 is 0 Å². The van der Waals surface area contributed by atoms with Crippen LogP contribution in [0.25, 0.3) is 0 Å². The highest BCUT2D eigenvalue weighted by molar-refractivity contribution is 5.31. The van der Waals surface area contributed by atoms with E-state index in [1.54, 1.807) is 5.56 Å². The first-order valence-electron chi connectivity index (χ1n) is 6.99. The fraction of sp³-hybridized carbons (Fsp3) is 0.625. The van der Waals surface area contributed by atoms with E-state index in [4.69, 9.17) is 0 Å². The minimum absolute atomic E-state index is 0.758. The van der Waals surface area contributed by atoms with Gasteiger partial charge in [0.2, 0.25) is 0 Å². The summed E-state index contributed by atoms with van der Waals surface area (Å²) in [4.78, 5) is 2.63. The predicted octanol–water partition coefficient (Wildman–Crippen LogP) is 3.89. The minimum Gasteiger partial charge on any atom is -0.303 e. The van der Waals surface area contributed by atoms with Gasteiger partial charge in [-0.3, -0.25) is 0 Å². The maximum atomic E-state index is 2.63. The van der Waals surface area contributed by atoms with Crippen molar-refractivity contribution in [1.29, 1.82) is 0 Å². The first-order valence-corrected chi connectivity index (χ1v) is 6.99. The van der Waals surface area contributed by atoms with Crippen molar-refractivity contribution in [2.45, 2.75) is 46.0 Å². The lowest BCUT2D eigenvalue weighted by atomic mass is 9.89. The van der Waals surface area contributed by atoms with E-state index >= 15 is 0 Å². The number of hydrogen-bond acceptors (Lipinski definition) is 1. The summed E-state index contributed by atoms with van der Waals surface area (Å²) >= 11 is 0. The van der Waals surface area contributed by atoms with E-state index in [2.05, 4.69) is 43.9 Å². The molecule has 0 N–H and O–H groups in total. The van der Waals surface area contributed by atoms with Crippen molar-refractivity contribution in [3.63, 3.8) is 0 Å². The molecule has 0 amide bonds. The summed E-state index contributed by atoms with van der Waals surface area (Å²) in [6.45, 7) is 10.5. The van der Waals surface area contributed by atoms with Gasteiger partial charge in [0.05, 0.1) is 0 Å². The monoisotopic (exact) mass is 231 g/mol. The van der Waals surface area contributed by atoms with Gasteiger partial charge >= 0.3 is 0 Å². The van der Waals surface area contributed by atoms with Crippen LogP contribution in [0, 0.1) is 13.8 Å². The van der Waals surface area contributed by atoms with Crippen molar-refractivity contribution < 1.29 is 0 Å². The predicted molar refractivity (Wildman–Crippen MR) is 74.6 cm³/mol. The van der Waals surface area contributed by atoms with Gasteiger partial charge < -0.3 is 4.90 Å². The van der Waals surface area contributed by atoms with Crippen LogP contribution in [0.3, 0.4) is 0 Å². The van der Waals surface area contributed by atoms with Crippen LogP contribution in [0.4, 0.5) is 0 Å². The molecule has 1 atom stereocenters. The molecule has 17 heavy (non-hydrogen) atoms. The fourth-order valence-corrected chi connectivity index (χ4v) is 3.09. The highest BCUT2D eigenvalue weighted by atomic mass is 15.1. The molecule has 1 aliphatic heterocycles. The van der Waals surface area contributed by atoms with Crippen molar-refractivity contribution >= 4 is 0 Å². The number of piperidine rings is 1. The van der Waals surface area contributed by atoms with Crippen molar-refractivity contribution in [2.24, 2.45) is 0 Å². The first kappa shape index (κ1) is 12.6. The van der Waals surface area contributed by atoms with E-state index in [1.165, 1.54) is 50.0 Å². The number of rotatable bonds is 3. The topological polar surface area (TPSA) is 3.24 Å². The molecule has 1 aromatic carbocycles. The second-order valence-corrected chi connectivity index (χ2v) is 5.56. The van der Waals surface area contributed by atoms with Crippen LogP contribution in [-0.2, 0) is 0 Å². The van der Waals surface area contributed by atoms with Gasteiger partial charge in [0.25, 0.3) is 0 Å². The molecule has 0 saturated carbocycles. The Bertz CT molecular complexity index is 348. The molecular weight excluding hydrogens is 206 g/mol. The molecule has 0 spiro atoms. The molecule has 1 aromatic rings. The summed E-state index contributed by atoms with van der Waals surface area (Å²) in [5.41, 5.74) is 4.38. The molecule has 2 rings (SSSR count). The zero-order chi connectivity index (χ0) is 12.3. The van der Waals surface area contributed by atoms with Gasteiger partial charge in [0.1, 0.15) is 0 Å². The van der Waals surface area contributed by atoms with Gasteiger partial charge in [-0.15, -0.1) is 0 Å². The number of aryl methyl sites for hydroxylation is 2.